The molecular weight excluding hydrogens is 388 g/mol. The van der Waals surface area contributed by atoms with Crippen molar-refractivity contribution in [3.8, 4) is 11.4 Å². The van der Waals surface area contributed by atoms with E-state index in [0.717, 1.165) is 11.1 Å². The lowest BCUT2D eigenvalue weighted by Crippen LogP contribution is -2.12. The van der Waals surface area contributed by atoms with E-state index in [4.69, 9.17) is 16.3 Å². The molecule has 1 aromatic heterocycles. The summed E-state index contributed by atoms with van der Waals surface area (Å²) < 4.78 is 5.18. The minimum absolute atomic E-state index is 0.162. The molecular formula is C22H19ClN4O2. The van der Waals surface area contributed by atoms with Crippen molar-refractivity contribution in [3.63, 3.8) is 0 Å². The molecule has 0 saturated heterocycles. The van der Waals surface area contributed by atoms with E-state index < -0.39 is 0 Å². The van der Waals surface area contributed by atoms with Crippen molar-refractivity contribution in [2.45, 2.75) is 13.8 Å². The third-order valence-electron chi connectivity index (χ3n) is 4.49. The van der Waals surface area contributed by atoms with E-state index in [9.17, 15) is 4.79 Å². The Morgan fingerprint density at radius 2 is 1.69 bits per heavy atom. The maximum Gasteiger partial charge on any atom is 0.255 e. The van der Waals surface area contributed by atoms with Gasteiger partial charge in [-0.1, -0.05) is 28.8 Å². The highest BCUT2D eigenvalue weighted by Gasteiger charge is 2.11. The molecule has 4 rings (SSSR count). The van der Waals surface area contributed by atoms with Crippen LogP contribution in [0.1, 0.15) is 21.5 Å². The van der Waals surface area contributed by atoms with E-state index in [0.29, 0.717) is 38.7 Å². The SMILES string of the molecule is COc1ccc(-n2nc3ccc(NC(=O)c4cc(C)cc(C)c4)cc3n2)cc1Cl. The Balaban J connectivity index is 1.61. The van der Waals surface area contributed by atoms with Gasteiger partial charge in [0.1, 0.15) is 16.8 Å². The summed E-state index contributed by atoms with van der Waals surface area (Å²) in [5.74, 6) is 0.425. The van der Waals surface area contributed by atoms with Crippen LogP contribution in [0.4, 0.5) is 5.69 Å². The standard InChI is InChI=1S/C22H19ClN4O2/c1-13-8-14(2)10-15(9-13)22(28)24-16-4-6-19-20(11-16)26-27(25-19)17-5-7-21(29-3)18(23)12-17/h4-12H,1-3H3,(H,24,28). The zero-order chi connectivity index (χ0) is 20.5. The molecule has 0 radical (unpaired) electrons. The Morgan fingerprint density at radius 3 is 2.38 bits per heavy atom. The van der Waals surface area contributed by atoms with Gasteiger partial charge >= 0.3 is 0 Å². The number of hydrogen-bond donors (Lipinski definition) is 1. The molecule has 1 N–H and O–H groups in total. The number of nitrogens with zero attached hydrogens (tertiary/aromatic N) is 3. The van der Waals surface area contributed by atoms with E-state index >= 15 is 0 Å². The molecule has 4 aromatic rings. The summed E-state index contributed by atoms with van der Waals surface area (Å²) in [6.45, 7) is 3.94. The number of aryl methyl sites for hydroxylation is 2. The number of benzene rings is 3. The van der Waals surface area contributed by atoms with Crippen LogP contribution in [0.5, 0.6) is 5.75 Å². The van der Waals surface area contributed by atoms with Crippen molar-refractivity contribution in [2.24, 2.45) is 0 Å². The van der Waals surface area contributed by atoms with Gasteiger partial charge in [-0.3, -0.25) is 4.79 Å². The lowest BCUT2D eigenvalue weighted by atomic mass is 10.1. The molecule has 0 aliphatic carbocycles. The highest BCUT2D eigenvalue weighted by Crippen LogP contribution is 2.27. The van der Waals surface area contributed by atoms with Crippen molar-refractivity contribution >= 4 is 34.2 Å². The summed E-state index contributed by atoms with van der Waals surface area (Å²) >= 11 is 6.20. The number of methoxy groups -OCH3 is 1. The number of halogens is 1. The van der Waals surface area contributed by atoms with Crippen LogP contribution in [0.2, 0.25) is 5.02 Å². The van der Waals surface area contributed by atoms with Gasteiger partial charge in [-0.25, -0.2) is 0 Å². The van der Waals surface area contributed by atoms with Gasteiger partial charge in [-0.15, -0.1) is 10.2 Å². The Morgan fingerprint density at radius 1 is 0.966 bits per heavy atom. The maximum atomic E-state index is 12.6. The normalized spacial score (nSPS) is 10.9. The lowest BCUT2D eigenvalue weighted by molar-refractivity contribution is 0.102. The third-order valence-corrected chi connectivity index (χ3v) is 4.78. The van der Waals surface area contributed by atoms with Crippen LogP contribution >= 0.6 is 11.6 Å². The number of hydrogen-bond acceptors (Lipinski definition) is 4. The molecule has 0 bridgehead atoms. The number of rotatable bonds is 4. The number of ether oxygens (including phenoxy) is 1. The highest BCUT2D eigenvalue weighted by atomic mass is 35.5. The fourth-order valence-electron chi connectivity index (χ4n) is 3.20. The van der Waals surface area contributed by atoms with Crippen LogP contribution in [0.3, 0.4) is 0 Å². The van der Waals surface area contributed by atoms with Crippen molar-refractivity contribution in [1.82, 2.24) is 15.0 Å². The van der Waals surface area contributed by atoms with Gasteiger partial charge < -0.3 is 10.1 Å². The van der Waals surface area contributed by atoms with E-state index in [1.54, 1.807) is 25.3 Å². The zero-order valence-electron chi connectivity index (χ0n) is 16.2. The second kappa shape index (κ2) is 7.56. The largest absolute Gasteiger partial charge is 0.495 e. The summed E-state index contributed by atoms with van der Waals surface area (Å²) in [5, 5.41) is 12.4. The average molecular weight is 407 g/mol. The Kier molecular flexibility index (Phi) is 4.94. The molecule has 7 heteroatoms. The monoisotopic (exact) mass is 406 g/mol. The summed E-state index contributed by atoms with van der Waals surface area (Å²) in [6, 6.07) is 16.5. The molecule has 0 spiro atoms. The van der Waals surface area contributed by atoms with Gasteiger partial charge in [-0.05, 0) is 62.4 Å². The minimum atomic E-state index is -0.162. The molecule has 0 aliphatic rings. The predicted molar refractivity (Wildman–Crippen MR) is 114 cm³/mol. The highest BCUT2D eigenvalue weighted by molar-refractivity contribution is 6.32. The Hall–Kier alpha value is -3.38. The number of fused-ring (bicyclic) bond motifs is 1. The molecule has 0 unspecified atom stereocenters. The molecule has 29 heavy (non-hydrogen) atoms. The first-order chi connectivity index (χ1) is 13.9. The van der Waals surface area contributed by atoms with E-state index in [1.165, 1.54) is 4.80 Å². The molecule has 0 atom stereocenters. The average Bonchev–Trinajstić information content (AvgIpc) is 3.10. The van der Waals surface area contributed by atoms with Crippen LogP contribution in [0.25, 0.3) is 16.7 Å². The van der Waals surface area contributed by atoms with Gasteiger partial charge in [0.05, 0.1) is 17.8 Å². The lowest BCUT2D eigenvalue weighted by Gasteiger charge is -2.07. The van der Waals surface area contributed by atoms with Gasteiger partial charge in [0, 0.05) is 11.3 Å². The van der Waals surface area contributed by atoms with Crippen LogP contribution in [-0.2, 0) is 0 Å². The minimum Gasteiger partial charge on any atom is -0.495 e. The number of nitrogens with one attached hydrogen (secondary N) is 1. The molecule has 3 aromatic carbocycles. The zero-order valence-corrected chi connectivity index (χ0v) is 17.0. The molecule has 146 valence electrons. The summed E-state index contributed by atoms with van der Waals surface area (Å²) in [4.78, 5) is 14.1. The number of amides is 1. The molecule has 6 nitrogen and oxygen atoms in total. The molecule has 0 fully saturated rings. The first kappa shape index (κ1) is 19.0. The van der Waals surface area contributed by atoms with Gasteiger partial charge in [-0.2, -0.15) is 4.80 Å². The summed E-state index contributed by atoms with van der Waals surface area (Å²) in [7, 11) is 1.56. The fourth-order valence-corrected chi connectivity index (χ4v) is 3.45. The fraction of sp³-hybridized carbons (Fsp3) is 0.136. The van der Waals surface area contributed by atoms with E-state index in [-0.39, 0.29) is 5.91 Å². The summed E-state index contributed by atoms with van der Waals surface area (Å²) in [6.07, 6.45) is 0. The number of anilines is 1. The Labute approximate surface area is 173 Å². The number of aromatic nitrogens is 3. The van der Waals surface area contributed by atoms with Crippen LogP contribution in [-0.4, -0.2) is 28.0 Å². The van der Waals surface area contributed by atoms with Gasteiger partial charge in [0.2, 0.25) is 0 Å². The first-order valence-corrected chi connectivity index (χ1v) is 9.41. The number of carbonyl (C=O) groups is 1. The van der Waals surface area contributed by atoms with Crippen LogP contribution in [0.15, 0.2) is 54.6 Å². The molecule has 0 saturated carbocycles. The second-order valence-corrected chi connectivity index (χ2v) is 7.25. The summed E-state index contributed by atoms with van der Waals surface area (Å²) in [5.41, 5.74) is 5.46. The maximum absolute atomic E-state index is 12.6. The number of carbonyl (C=O) groups excluding carboxylic acids is 1. The topological polar surface area (TPSA) is 69.0 Å². The molecule has 1 heterocycles. The third kappa shape index (κ3) is 3.93. The molecule has 1 amide bonds. The Bertz CT molecular complexity index is 1210. The van der Waals surface area contributed by atoms with Crippen LogP contribution < -0.4 is 10.1 Å². The molecule has 0 aliphatic heterocycles. The van der Waals surface area contributed by atoms with Crippen LogP contribution in [0, 0.1) is 13.8 Å². The quantitative estimate of drug-likeness (QED) is 0.520. The van der Waals surface area contributed by atoms with E-state index in [1.807, 2.05) is 50.2 Å². The van der Waals surface area contributed by atoms with Crippen molar-refractivity contribution in [2.75, 3.05) is 12.4 Å². The van der Waals surface area contributed by atoms with Gasteiger partial charge in [0.25, 0.3) is 5.91 Å². The van der Waals surface area contributed by atoms with E-state index in [2.05, 4.69) is 15.5 Å². The second-order valence-electron chi connectivity index (χ2n) is 6.84. The van der Waals surface area contributed by atoms with Gasteiger partial charge in [0.15, 0.2) is 0 Å². The van der Waals surface area contributed by atoms with Crippen molar-refractivity contribution < 1.29 is 9.53 Å². The van der Waals surface area contributed by atoms with Crippen molar-refractivity contribution in [1.29, 1.82) is 0 Å². The van der Waals surface area contributed by atoms with Crippen molar-refractivity contribution in [3.05, 3.63) is 76.3 Å². The first-order valence-electron chi connectivity index (χ1n) is 9.03. The predicted octanol–water partition coefficient (Wildman–Crippen LogP) is 4.95. The smallest absolute Gasteiger partial charge is 0.255 e.